The molecule has 0 spiro atoms. The van der Waals surface area contributed by atoms with Crippen LogP contribution in [0.25, 0.3) is 5.69 Å². The fourth-order valence-corrected chi connectivity index (χ4v) is 5.29. The number of hydrogen-bond acceptors (Lipinski definition) is 12. The molecule has 1 heterocycles. The van der Waals surface area contributed by atoms with Gasteiger partial charge >= 0.3 is 11.9 Å². The number of ketones is 3. The number of carboxylic acid groups (broad SMARTS) is 2. The molecular weight excluding hydrogens is 674 g/mol. The van der Waals surface area contributed by atoms with E-state index in [1.54, 1.807) is 35.1 Å². The average molecular weight is 721 g/mol. The number of carbonyl (C=O) groups is 7. The van der Waals surface area contributed by atoms with Gasteiger partial charge in [-0.15, -0.1) is 5.10 Å². The van der Waals surface area contributed by atoms with E-state index in [9.17, 15) is 33.6 Å². The number of hydrogen-bond donors (Lipinski definition) is 5. The molecule has 2 aromatic rings. The minimum Gasteiger partial charge on any atom is -0.481 e. The second-order valence-electron chi connectivity index (χ2n) is 12.6. The molecule has 50 heavy (non-hydrogen) atoms. The van der Waals surface area contributed by atoms with Gasteiger partial charge < -0.3 is 35.8 Å². The number of anilines is 1. The Kier molecular flexibility index (Phi) is 17.4. The lowest BCUT2D eigenvalue weighted by Crippen LogP contribution is -2.43. The lowest BCUT2D eigenvalue weighted by molar-refractivity contribution is -0.861. The van der Waals surface area contributed by atoms with E-state index in [1.807, 2.05) is 21.1 Å². The van der Waals surface area contributed by atoms with Gasteiger partial charge in [-0.3, -0.25) is 33.6 Å². The van der Waals surface area contributed by atoms with Crippen molar-refractivity contribution < 1.29 is 53.0 Å². The number of aromatic nitrogens is 3. The monoisotopic (exact) mass is 720 g/mol. The number of aliphatic carboxylic acids is 2. The van der Waals surface area contributed by atoms with Gasteiger partial charge in [0.15, 0.2) is 23.9 Å². The topological polar surface area (TPSA) is 250 Å². The number of carbonyl (C=O) groups excluding carboxylic acids is 5. The van der Waals surface area contributed by atoms with E-state index in [0.717, 1.165) is 5.69 Å². The van der Waals surface area contributed by atoms with Gasteiger partial charge in [0, 0.05) is 49.3 Å². The zero-order valence-corrected chi connectivity index (χ0v) is 29.3. The number of nitrogens with two attached hydrogens (primary N) is 1. The number of thioether (sulfide) groups is 1. The van der Waals surface area contributed by atoms with Crippen LogP contribution in [0.1, 0.15) is 44.2 Å². The van der Waals surface area contributed by atoms with E-state index in [2.05, 4.69) is 20.9 Å². The molecule has 1 aromatic carbocycles. The zero-order chi connectivity index (χ0) is 37.3. The fraction of sp³-hybridized carbons (Fsp3) is 0.531. The average Bonchev–Trinajstić information content (AvgIpc) is 3.51. The summed E-state index contributed by atoms with van der Waals surface area (Å²) in [4.78, 5) is 83.2. The van der Waals surface area contributed by atoms with E-state index in [4.69, 9.17) is 20.7 Å². The molecule has 18 heteroatoms. The highest BCUT2D eigenvalue weighted by atomic mass is 32.2. The number of rotatable bonds is 25. The highest BCUT2D eigenvalue weighted by molar-refractivity contribution is 7.99. The quantitative estimate of drug-likeness (QED) is 0.0681. The molecule has 0 saturated heterocycles. The molecule has 2 rings (SSSR count). The molecule has 1 aromatic heterocycles. The Bertz CT molecular complexity index is 1490. The standard InChI is InChI=1S/C32H45N7O10S/c1-39(2,3)17-30(44)34-21-4-7-23(8-5-21)38-16-22(36-37-38)6-9-24(40)18-49-19-25(41)14-15-50-20-27(28(42)11-13-31(45)46)35-29(43)12-10-26(33)32(47)48/h4-5,7-8,16,26-27H,6,9-15,17-20,33H2,1-3H3,(H3-,34,35,43,44,45,46,47,48)/p+1/t26-,27-/m0/s1. The maximum atomic E-state index is 12.5. The third-order valence-electron chi connectivity index (χ3n) is 6.88. The summed E-state index contributed by atoms with van der Waals surface area (Å²) in [5.74, 6) is -3.77. The number of nitrogens with one attached hydrogen (secondary N) is 2. The lowest BCUT2D eigenvalue weighted by atomic mass is 10.1. The van der Waals surface area contributed by atoms with Crippen LogP contribution in [-0.4, -0.2) is 135 Å². The van der Waals surface area contributed by atoms with Gasteiger partial charge in [0.2, 0.25) is 5.91 Å². The number of ether oxygens (including phenoxy) is 1. The van der Waals surface area contributed by atoms with Crippen LogP contribution in [0.15, 0.2) is 30.5 Å². The van der Waals surface area contributed by atoms with Crippen molar-refractivity contribution in [2.45, 2.75) is 57.0 Å². The Morgan fingerprint density at radius 1 is 0.920 bits per heavy atom. The number of amides is 2. The van der Waals surface area contributed by atoms with Crippen LogP contribution in [0.5, 0.6) is 0 Å². The summed E-state index contributed by atoms with van der Waals surface area (Å²) in [5, 5.41) is 31.3. The highest BCUT2D eigenvalue weighted by Gasteiger charge is 2.23. The van der Waals surface area contributed by atoms with Gasteiger partial charge in [-0.2, -0.15) is 11.8 Å². The van der Waals surface area contributed by atoms with Crippen LogP contribution < -0.4 is 16.4 Å². The van der Waals surface area contributed by atoms with E-state index in [0.29, 0.717) is 28.8 Å². The molecule has 0 aliphatic rings. The summed E-state index contributed by atoms with van der Waals surface area (Å²) in [6, 6.07) is 4.85. The molecule has 0 radical (unpaired) electrons. The van der Waals surface area contributed by atoms with Gasteiger partial charge in [0.05, 0.1) is 51.2 Å². The predicted octanol–water partition coefficient (Wildman–Crippen LogP) is 0.234. The second kappa shape index (κ2) is 20.9. The molecule has 17 nitrogen and oxygen atoms in total. The number of nitrogens with zero attached hydrogens (tertiary/aromatic N) is 4. The van der Waals surface area contributed by atoms with Gasteiger partial charge in [-0.05, 0) is 30.7 Å². The summed E-state index contributed by atoms with van der Waals surface area (Å²) in [5.41, 5.74) is 7.38. The summed E-state index contributed by atoms with van der Waals surface area (Å²) in [6.07, 6.45) is 1.14. The molecular formula is C32H46N7O10S+. The number of likely N-dealkylation sites (N-methyl/N-ethyl adjacent to an activating group) is 1. The Labute approximate surface area is 293 Å². The van der Waals surface area contributed by atoms with Crippen LogP contribution in [0.4, 0.5) is 5.69 Å². The van der Waals surface area contributed by atoms with E-state index < -0.39 is 42.1 Å². The van der Waals surface area contributed by atoms with Crippen LogP contribution in [0.2, 0.25) is 0 Å². The third kappa shape index (κ3) is 17.2. The molecule has 0 bridgehead atoms. The number of benzene rings is 1. The molecule has 0 saturated carbocycles. The Hall–Kier alpha value is -4.52. The van der Waals surface area contributed by atoms with Gasteiger partial charge in [0.1, 0.15) is 19.3 Å². The van der Waals surface area contributed by atoms with Crippen LogP contribution in [-0.2, 0) is 44.7 Å². The highest BCUT2D eigenvalue weighted by Crippen LogP contribution is 2.14. The summed E-state index contributed by atoms with van der Waals surface area (Å²) < 4.78 is 7.34. The second-order valence-corrected chi connectivity index (χ2v) is 13.7. The van der Waals surface area contributed by atoms with E-state index in [1.165, 1.54) is 11.8 Å². The Balaban J connectivity index is 1.70. The minimum absolute atomic E-state index is 0.0724. The molecule has 274 valence electrons. The van der Waals surface area contributed by atoms with Crippen molar-refractivity contribution in [1.82, 2.24) is 20.3 Å². The maximum absolute atomic E-state index is 12.5. The van der Waals surface area contributed by atoms with Gasteiger partial charge in [-0.1, -0.05) is 5.21 Å². The SMILES string of the molecule is C[N+](C)(C)CC(=O)Nc1ccc(-n2cc(CCC(=O)COCC(=O)CCSC[C@H](NC(=O)CC[C@H](N)C(=O)O)C(=O)CCC(=O)O)nn2)cc1. The largest absolute Gasteiger partial charge is 0.481 e. The molecule has 6 N–H and O–H groups in total. The maximum Gasteiger partial charge on any atom is 0.320 e. The summed E-state index contributed by atoms with van der Waals surface area (Å²) in [6.45, 7) is -0.207. The van der Waals surface area contributed by atoms with Crippen molar-refractivity contribution in [1.29, 1.82) is 0 Å². The van der Waals surface area contributed by atoms with Crippen LogP contribution >= 0.6 is 11.8 Å². The molecule has 0 unspecified atom stereocenters. The smallest absolute Gasteiger partial charge is 0.320 e. The first-order chi connectivity index (χ1) is 23.5. The number of Topliss-reactive ketones (excluding diaryl/α,β-unsaturated/α-hetero) is 3. The number of aryl methyl sites for hydroxylation is 1. The van der Waals surface area contributed by atoms with Crippen molar-refractivity contribution in [3.05, 3.63) is 36.2 Å². The predicted molar refractivity (Wildman–Crippen MR) is 183 cm³/mol. The number of carboxylic acids is 2. The van der Waals surface area contributed by atoms with Crippen molar-refractivity contribution >= 4 is 58.6 Å². The van der Waals surface area contributed by atoms with E-state index >= 15 is 0 Å². The normalized spacial score (nSPS) is 12.5. The van der Waals surface area contributed by atoms with Gasteiger partial charge in [-0.25, -0.2) is 4.68 Å². The zero-order valence-electron chi connectivity index (χ0n) is 28.5. The number of quaternary nitrogens is 1. The van der Waals surface area contributed by atoms with Gasteiger partial charge in [0.25, 0.3) is 5.91 Å². The van der Waals surface area contributed by atoms with E-state index in [-0.39, 0.29) is 74.3 Å². The first-order valence-electron chi connectivity index (χ1n) is 15.9. The summed E-state index contributed by atoms with van der Waals surface area (Å²) >= 11 is 1.20. The van der Waals surface area contributed by atoms with Crippen molar-refractivity contribution in [3.8, 4) is 5.69 Å². The molecule has 2 atom stereocenters. The van der Waals surface area contributed by atoms with Crippen LogP contribution in [0, 0.1) is 0 Å². The molecule has 2 amide bonds. The third-order valence-corrected chi connectivity index (χ3v) is 7.94. The fourth-order valence-electron chi connectivity index (χ4n) is 4.24. The van der Waals surface area contributed by atoms with Crippen molar-refractivity contribution in [2.24, 2.45) is 5.73 Å². The Morgan fingerprint density at radius 3 is 2.20 bits per heavy atom. The molecule has 0 fully saturated rings. The molecule has 0 aliphatic heterocycles. The van der Waals surface area contributed by atoms with Crippen molar-refractivity contribution in [2.75, 3.05) is 57.7 Å². The minimum atomic E-state index is -1.26. The molecule has 0 aliphatic carbocycles. The van der Waals surface area contributed by atoms with Crippen LogP contribution in [0.3, 0.4) is 0 Å². The summed E-state index contributed by atoms with van der Waals surface area (Å²) in [7, 11) is 5.79. The Morgan fingerprint density at radius 2 is 1.58 bits per heavy atom. The van der Waals surface area contributed by atoms with Crippen molar-refractivity contribution in [3.63, 3.8) is 0 Å². The first kappa shape index (κ1) is 41.7. The lowest BCUT2D eigenvalue weighted by Gasteiger charge is -2.22. The first-order valence-corrected chi connectivity index (χ1v) is 17.0.